The number of aryl methyl sites for hydroxylation is 2. The SMILES string of the molecule is Cc1nn(CCCNC(=O)c2ccc(Cn3nc(C(F)F)c(Cl)c3C(F)F)o2)c(C)c1Br. The molecule has 0 radical (unpaired) electrons. The summed E-state index contributed by atoms with van der Waals surface area (Å²) in [5.41, 5.74) is 0.103. The van der Waals surface area contributed by atoms with Crippen molar-refractivity contribution < 1.29 is 26.8 Å². The standard InChI is InChI=1S/C19H19BrClF4N5O2/c1-9-13(20)10(2)29(27-9)7-3-6-26-19(31)12-5-4-11(32-12)8-30-16(18(24)25)14(21)15(28-30)17(22)23/h4-5,17-18H,3,6-8H2,1-2H3,(H,26,31). The van der Waals surface area contributed by atoms with E-state index >= 15 is 0 Å². The topological polar surface area (TPSA) is 77.9 Å². The van der Waals surface area contributed by atoms with E-state index in [0.29, 0.717) is 24.2 Å². The molecule has 0 bridgehead atoms. The Balaban J connectivity index is 1.59. The molecule has 0 aliphatic rings. The second kappa shape index (κ2) is 10.1. The number of amides is 1. The van der Waals surface area contributed by atoms with Gasteiger partial charge in [-0.25, -0.2) is 17.6 Å². The van der Waals surface area contributed by atoms with Crippen molar-refractivity contribution in [2.45, 2.75) is 46.2 Å². The largest absolute Gasteiger partial charge is 0.454 e. The highest BCUT2D eigenvalue weighted by atomic mass is 79.9. The Labute approximate surface area is 193 Å². The number of rotatable bonds is 9. The van der Waals surface area contributed by atoms with Crippen LogP contribution in [0.3, 0.4) is 0 Å². The van der Waals surface area contributed by atoms with Gasteiger partial charge in [0.05, 0.1) is 21.7 Å². The minimum Gasteiger partial charge on any atom is -0.454 e. The van der Waals surface area contributed by atoms with E-state index in [1.54, 1.807) is 0 Å². The molecule has 0 aromatic carbocycles. The van der Waals surface area contributed by atoms with Crippen molar-refractivity contribution in [2.24, 2.45) is 0 Å². The summed E-state index contributed by atoms with van der Waals surface area (Å²) in [6.45, 7) is 4.40. The molecule has 0 spiro atoms. The van der Waals surface area contributed by atoms with E-state index in [-0.39, 0.29) is 18.1 Å². The summed E-state index contributed by atoms with van der Waals surface area (Å²) in [5.74, 6) is -0.448. The summed E-state index contributed by atoms with van der Waals surface area (Å²) in [5, 5.41) is 9.77. The lowest BCUT2D eigenvalue weighted by Gasteiger charge is -2.06. The van der Waals surface area contributed by atoms with Gasteiger partial charge in [-0.2, -0.15) is 10.2 Å². The molecule has 0 saturated heterocycles. The summed E-state index contributed by atoms with van der Waals surface area (Å²) in [4.78, 5) is 12.3. The molecule has 174 valence electrons. The summed E-state index contributed by atoms with van der Waals surface area (Å²) in [6.07, 6.45) is -5.59. The lowest BCUT2D eigenvalue weighted by atomic mass is 10.3. The highest BCUT2D eigenvalue weighted by molar-refractivity contribution is 9.10. The Morgan fingerprint density at radius 1 is 1.19 bits per heavy atom. The molecule has 0 atom stereocenters. The van der Waals surface area contributed by atoms with Crippen molar-refractivity contribution in [2.75, 3.05) is 6.54 Å². The number of nitrogens with zero attached hydrogens (tertiary/aromatic N) is 4. The van der Waals surface area contributed by atoms with E-state index in [1.807, 2.05) is 18.5 Å². The number of halogens is 6. The van der Waals surface area contributed by atoms with Crippen molar-refractivity contribution in [3.05, 3.63) is 55.9 Å². The van der Waals surface area contributed by atoms with Crippen LogP contribution in [0.25, 0.3) is 0 Å². The third-order valence-electron chi connectivity index (χ3n) is 4.69. The van der Waals surface area contributed by atoms with Crippen LogP contribution in [-0.2, 0) is 13.1 Å². The van der Waals surface area contributed by atoms with Gasteiger partial charge >= 0.3 is 0 Å². The quantitative estimate of drug-likeness (QED) is 0.289. The van der Waals surface area contributed by atoms with Crippen molar-refractivity contribution in [1.29, 1.82) is 0 Å². The number of hydrogen-bond donors (Lipinski definition) is 1. The number of nitrogens with one attached hydrogen (secondary N) is 1. The smallest absolute Gasteiger partial charge is 0.286 e. The van der Waals surface area contributed by atoms with E-state index in [0.717, 1.165) is 15.9 Å². The summed E-state index contributed by atoms with van der Waals surface area (Å²) >= 11 is 9.08. The Bertz CT molecular complexity index is 1110. The molecule has 0 saturated carbocycles. The maximum atomic E-state index is 13.3. The molecule has 7 nitrogen and oxygen atoms in total. The van der Waals surface area contributed by atoms with Gasteiger partial charge in [0.15, 0.2) is 5.76 Å². The molecule has 0 unspecified atom stereocenters. The lowest BCUT2D eigenvalue weighted by molar-refractivity contribution is 0.0922. The van der Waals surface area contributed by atoms with E-state index < -0.39 is 35.2 Å². The van der Waals surface area contributed by atoms with Crippen LogP contribution in [0.4, 0.5) is 17.6 Å². The number of alkyl halides is 4. The number of aromatic nitrogens is 4. The normalized spacial score (nSPS) is 11.7. The average molecular weight is 541 g/mol. The number of carbonyl (C=O) groups excluding carboxylic acids is 1. The molecular formula is C19H19BrClF4N5O2. The number of hydrogen-bond acceptors (Lipinski definition) is 4. The molecule has 13 heteroatoms. The van der Waals surface area contributed by atoms with Crippen LogP contribution in [0.5, 0.6) is 0 Å². The molecule has 0 aliphatic carbocycles. The highest BCUT2D eigenvalue weighted by Crippen LogP contribution is 2.35. The predicted octanol–water partition coefficient (Wildman–Crippen LogP) is 5.45. The molecule has 0 aliphatic heterocycles. The molecule has 1 amide bonds. The van der Waals surface area contributed by atoms with E-state index in [1.165, 1.54) is 12.1 Å². The van der Waals surface area contributed by atoms with Gasteiger partial charge in [-0.15, -0.1) is 0 Å². The van der Waals surface area contributed by atoms with Crippen molar-refractivity contribution in [3.63, 3.8) is 0 Å². The van der Waals surface area contributed by atoms with Crippen LogP contribution in [-0.4, -0.2) is 32.0 Å². The first kappa shape index (κ1) is 24.3. The zero-order valence-electron chi connectivity index (χ0n) is 17.0. The van der Waals surface area contributed by atoms with Crippen molar-refractivity contribution in [1.82, 2.24) is 24.9 Å². The first-order chi connectivity index (χ1) is 15.1. The second-order valence-electron chi connectivity index (χ2n) is 6.93. The van der Waals surface area contributed by atoms with Gasteiger partial charge < -0.3 is 9.73 Å². The van der Waals surface area contributed by atoms with E-state index in [2.05, 4.69) is 31.4 Å². The molecular weight excluding hydrogens is 522 g/mol. The minimum absolute atomic E-state index is 0.0419. The molecule has 3 aromatic heterocycles. The third-order valence-corrected chi connectivity index (χ3v) is 6.22. The van der Waals surface area contributed by atoms with Crippen LogP contribution < -0.4 is 5.32 Å². The Hall–Kier alpha value is -2.34. The molecule has 1 N–H and O–H groups in total. The second-order valence-corrected chi connectivity index (χ2v) is 8.10. The number of carbonyl (C=O) groups is 1. The third kappa shape index (κ3) is 5.17. The zero-order valence-corrected chi connectivity index (χ0v) is 19.4. The van der Waals surface area contributed by atoms with E-state index in [9.17, 15) is 22.4 Å². The first-order valence-corrected chi connectivity index (χ1v) is 10.7. The van der Waals surface area contributed by atoms with Gasteiger partial charge in [-0.3, -0.25) is 14.2 Å². The maximum Gasteiger partial charge on any atom is 0.286 e. The van der Waals surface area contributed by atoms with Gasteiger partial charge in [-0.05, 0) is 48.3 Å². The highest BCUT2D eigenvalue weighted by Gasteiger charge is 2.28. The van der Waals surface area contributed by atoms with Crippen LogP contribution in [0, 0.1) is 13.8 Å². The Morgan fingerprint density at radius 3 is 2.50 bits per heavy atom. The molecule has 3 aromatic rings. The van der Waals surface area contributed by atoms with Gasteiger partial charge in [0.25, 0.3) is 18.8 Å². The van der Waals surface area contributed by atoms with Gasteiger partial charge in [-0.1, -0.05) is 11.6 Å². The van der Waals surface area contributed by atoms with Gasteiger partial charge in [0, 0.05) is 18.8 Å². The molecule has 3 heterocycles. The summed E-state index contributed by atoms with van der Waals surface area (Å²) in [6, 6.07) is 2.75. The molecule has 32 heavy (non-hydrogen) atoms. The van der Waals surface area contributed by atoms with Crippen LogP contribution in [0.2, 0.25) is 5.02 Å². The van der Waals surface area contributed by atoms with Crippen molar-refractivity contribution in [3.8, 4) is 0 Å². The fraction of sp³-hybridized carbons (Fsp3) is 0.421. The van der Waals surface area contributed by atoms with E-state index in [4.69, 9.17) is 16.0 Å². The monoisotopic (exact) mass is 539 g/mol. The average Bonchev–Trinajstić information content (AvgIpc) is 3.39. The summed E-state index contributed by atoms with van der Waals surface area (Å²) < 4.78 is 61.2. The Kier molecular flexibility index (Phi) is 7.65. The van der Waals surface area contributed by atoms with Gasteiger partial charge in [0.1, 0.15) is 17.1 Å². The van der Waals surface area contributed by atoms with Crippen LogP contribution >= 0.6 is 27.5 Å². The van der Waals surface area contributed by atoms with Gasteiger partial charge in [0.2, 0.25) is 0 Å². The number of furan rings is 1. The molecule has 0 fully saturated rings. The first-order valence-electron chi connectivity index (χ1n) is 9.49. The zero-order chi connectivity index (χ0) is 23.6. The van der Waals surface area contributed by atoms with Crippen molar-refractivity contribution >= 4 is 33.4 Å². The predicted molar refractivity (Wildman–Crippen MR) is 111 cm³/mol. The van der Waals surface area contributed by atoms with Crippen LogP contribution in [0.1, 0.15) is 58.4 Å². The molecule has 3 rings (SSSR count). The summed E-state index contributed by atoms with van der Waals surface area (Å²) in [7, 11) is 0. The maximum absolute atomic E-state index is 13.3. The van der Waals surface area contributed by atoms with Crippen LogP contribution in [0.15, 0.2) is 21.0 Å². The fourth-order valence-corrected chi connectivity index (χ4v) is 3.67. The lowest BCUT2D eigenvalue weighted by Crippen LogP contribution is -2.25. The Morgan fingerprint density at radius 2 is 1.91 bits per heavy atom. The minimum atomic E-state index is -3.11. The fourth-order valence-electron chi connectivity index (χ4n) is 3.08.